The molecular weight excluding hydrogens is 463 g/mol. The molecule has 0 saturated heterocycles. The quantitative estimate of drug-likeness (QED) is 0.156. The third-order valence-corrected chi connectivity index (χ3v) is 25.4. The van der Waals surface area contributed by atoms with Gasteiger partial charge in [0.1, 0.15) is 0 Å². The second-order valence-electron chi connectivity index (χ2n) is 10.5. The molecular formula is C25H52OSiSn. The van der Waals surface area contributed by atoms with Gasteiger partial charge in [-0.1, -0.05) is 0 Å². The van der Waals surface area contributed by atoms with E-state index in [9.17, 15) is 0 Å². The number of hydrogen-bond donors (Lipinski definition) is 0. The third kappa shape index (κ3) is 9.98. The molecule has 0 amide bonds. The van der Waals surface area contributed by atoms with Crippen LogP contribution < -0.4 is 0 Å². The molecule has 0 radical (unpaired) electrons. The first kappa shape index (κ1) is 28.5. The van der Waals surface area contributed by atoms with Crippen molar-refractivity contribution in [1.82, 2.24) is 0 Å². The summed E-state index contributed by atoms with van der Waals surface area (Å²) in [5.74, 6) is 0.373. The monoisotopic (exact) mass is 516 g/mol. The molecule has 0 aromatic heterocycles. The Morgan fingerprint density at radius 2 is 1.36 bits per heavy atom. The Morgan fingerprint density at radius 1 is 0.929 bits per heavy atom. The molecule has 3 heteroatoms. The fraction of sp³-hybridized carbons (Fsp3) is 0.840. The van der Waals surface area contributed by atoms with E-state index in [1.165, 1.54) is 51.8 Å². The van der Waals surface area contributed by atoms with E-state index in [0.717, 1.165) is 0 Å². The first-order valence-electron chi connectivity index (χ1n) is 12.0. The fourth-order valence-electron chi connectivity index (χ4n) is 3.48. The van der Waals surface area contributed by atoms with Gasteiger partial charge in [-0.3, -0.25) is 0 Å². The molecule has 0 aromatic rings. The van der Waals surface area contributed by atoms with Crippen molar-refractivity contribution in [3.8, 4) is 0 Å². The van der Waals surface area contributed by atoms with Crippen LogP contribution >= 0.6 is 0 Å². The molecule has 0 N–H and O–H groups in total. The van der Waals surface area contributed by atoms with Crippen molar-refractivity contribution in [2.75, 3.05) is 0 Å². The van der Waals surface area contributed by atoms with Crippen LogP contribution in [0, 0.1) is 5.92 Å². The molecule has 0 rings (SSSR count). The molecule has 28 heavy (non-hydrogen) atoms. The molecule has 0 aliphatic carbocycles. The summed E-state index contributed by atoms with van der Waals surface area (Å²) in [6.45, 7) is 25.2. The molecule has 0 heterocycles. The zero-order valence-corrected chi connectivity index (χ0v) is 24.7. The van der Waals surface area contributed by atoms with Crippen LogP contribution in [0.1, 0.15) is 87.0 Å². The number of hydrogen-bond acceptors (Lipinski definition) is 1. The minimum atomic E-state index is -2.26. The molecule has 0 spiro atoms. The van der Waals surface area contributed by atoms with Crippen LogP contribution in [0.25, 0.3) is 0 Å². The maximum atomic E-state index is 6.88. The average molecular weight is 515 g/mol. The predicted molar refractivity (Wildman–Crippen MR) is 135 cm³/mol. The molecule has 2 atom stereocenters. The van der Waals surface area contributed by atoms with Crippen molar-refractivity contribution >= 4 is 26.7 Å². The number of rotatable bonds is 15. The van der Waals surface area contributed by atoms with Gasteiger partial charge in [0.25, 0.3) is 0 Å². The van der Waals surface area contributed by atoms with Crippen molar-refractivity contribution in [3.63, 3.8) is 0 Å². The number of unbranched alkanes of at least 4 members (excludes halogenated alkanes) is 3. The molecule has 0 saturated carbocycles. The topological polar surface area (TPSA) is 9.23 Å². The van der Waals surface area contributed by atoms with Crippen LogP contribution in [0.15, 0.2) is 22.8 Å². The third-order valence-electron chi connectivity index (χ3n) is 6.85. The second-order valence-corrected chi connectivity index (χ2v) is 28.2. The van der Waals surface area contributed by atoms with Crippen molar-refractivity contribution in [2.45, 2.75) is 125 Å². The minimum absolute atomic E-state index is 0.194. The van der Waals surface area contributed by atoms with Crippen molar-refractivity contribution in [1.29, 1.82) is 0 Å². The summed E-state index contributed by atoms with van der Waals surface area (Å²) in [5.41, 5.74) is 0. The van der Waals surface area contributed by atoms with Gasteiger partial charge in [0.15, 0.2) is 0 Å². The molecule has 0 aliphatic rings. The average Bonchev–Trinajstić information content (AvgIpc) is 2.64. The Hall–Kier alpha value is 0.456. The molecule has 0 bridgehead atoms. The van der Waals surface area contributed by atoms with Gasteiger partial charge in [-0.2, -0.15) is 0 Å². The molecule has 0 fully saturated rings. The molecule has 0 aliphatic heterocycles. The zero-order valence-electron chi connectivity index (χ0n) is 20.9. The normalized spacial score (nSPS) is 15.8. The van der Waals surface area contributed by atoms with Crippen LogP contribution in [0.3, 0.4) is 0 Å². The van der Waals surface area contributed by atoms with E-state index in [1.54, 1.807) is 0 Å². The summed E-state index contributed by atoms with van der Waals surface area (Å²) < 4.78 is 14.2. The van der Waals surface area contributed by atoms with Gasteiger partial charge < -0.3 is 0 Å². The van der Waals surface area contributed by atoms with Gasteiger partial charge in [-0.25, -0.2) is 0 Å². The van der Waals surface area contributed by atoms with Gasteiger partial charge in [-0.15, -0.1) is 0 Å². The van der Waals surface area contributed by atoms with E-state index in [4.69, 9.17) is 4.43 Å². The van der Waals surface area contributed by atoms with Crippen LogP contribution in [0.5, 0.6) is 0 Å². The van der Waals surface area contributed by atoms with Gasteiger partial charge in [0.05, 0.1) is 0 Å². The Balaban J connectivity index is 5.74. The van der Waals surface area contributed by atoms with Crippen molar-refractivity contribution in [2.24, 2.45) is 5.92 Å². The summed E-state index contributed by atoms with van der Waals surface area (Å²) >= 11 is -2.26. The second kappa shape index (κ2) is 13.7. The maximum absolute atomic E-state index is 6.88. The van der Waals surface area contributed by atoms with Gasteiger partial charge in [0, 0.05) is 0 Å². The Kier molecular flexibility index (Phi) is 13.9. The van der Waals surface area contributed by atoms with Crippen molar-refractivity contribution < 1.29 is 4.43 Å². The standard InChI is InChI=1S/C13H25OSi.3C4H9.Sn/c1-9-11(3)12(10-2)14-15(7,8)13(4,5)6;3*1-3-4-2;/h2,9-12H,1H2,3-8H3;3*1,3-4H2,2H3;/t11-,12-;;;;/m0..../s1. The Bertz CT molecular complexity index is 428. The fourth-order valence-corrected chi connectivity index (χ4v) is 19.1. The summed E-state index contributed by atoms with van der Waals surface area (Å²) in [4.78, 5) is 0. The summed E-state index contributed by atoms with van der Waals surface area (Å²) in [5, 5.41) is 0.243. The van der Waals surface area contributed by atoms with Gasteiger partial charge >= 0.3 is 184 Å². The van der Waals surface area contributed by atoms with Crippen LogP contribution in [-0.2, 0) is 4.43 Å². The zero-order chi connectivity index (χ0) is 21.8. The molecule has 166 valence electrons. The molecule has 1 nitrogen and oxygen atoms in total. The predicted octanol–water partition coefficient (Wildman–Crippen LogP) is 9.14. The first-order chi connectivity index (χ1) is 13.0. The van der Waals surface area contributed by atoms with Crippen LogP contribution in [-0.4, -0.2) is 32.8 Å². The van der Waals surface area contributed by atoms with E-state index in [0.29, 0.717) is 5.92 Å². The van der Waals surface area contributed by atoms with Crippen molar-refractivity contribution in [3.05, 3.63) is 22.8 Å². The summed E-state index contributed by atoms with van der Waals surface area (Å²) in [7, 11) is -1.80. The first-order valence-corrected chi connectivity index (χ1v) is 22.6. The van der Waals surface area contributed by atoms with E-state index in [1.807, 2.05) is 0 Å². The van der Waals surface area contributed by atoms with E-state index in [2.05, 4.69) is 84.4 Å². The molecule has 0 unspecified atom stereocenters. The van der Waals surface area contributed by atoms with Gasteiger partial charge in [-0.05, 0) is 0 Å². The Morgan fingerprint density at radius 3 is 1.68 bits per heavy atom. The van der Waals surface area contributed by atoms with E-state index >= 15 is 0 Å². The molecule has 0 aromatic carbocycles. The summed E-state index contributed by atoms with van der Waals surface area (Å²) in [6, 6.07) is 0. The SMILES string of the molecule is C=C[C@H](C)[C@H](/C=[CH]/[Sn]([CH2]CCC)([CH2]CCC)[CH2]CCC)O[Si](C)(C)C(C)(C)C. The van der Waals surface area contributed by atoms with Crippen LogP contribution in [0.4, 0.5) is 0 Å². The Labute approximate surface area is 183 Å². The van der Waals surface area contributed by atoms with E-state index < -0.39 is 26.7 Å². The summed E-state index contributed by atoms with van der Waals surface area (Å²) in [6.07, 6.45) is 13.0. The van der Waals surface area contributed by atoms with Gasteiger partial charge in [0.2, 0.25) is 0 Å². The van der Waals surface area contributed by atoms with E-state index in [-0.39, 0.29) is 11.1 Å². The van der Waals surface area contributed by atoms with Crippen LogP contribution in [0.2, 0.25) is 31.4 Å².